The van der Waals surface area contributed by atoms with Crippen LogP contribution in [0.3, 0.4) is 0 Å². The second kappa shape index (κ2) is 12.6. The van der Waals surface area contributed by atoms with Gasteiger partial charge in [-0.2, -0.15) is 4.31 Å². The number of nitrogens with zero attached hydrogens (tertiary/aromatic N) is 4. The van der Waals surface area contributed by atoms with Crippen molar-refractivity contribution in [2.45, 2.75) is 49.0 Å². The maximum absolute atomic E-state index is 14.2. The number of nitrogens with two attached hydrogens (primary N) is 1. The first-order valence-corrected chi connectivity index (χ1v) is 17.8. The van der Waals surface area contributed by atoms with Crippen LogP contribution in [0.4, 0.5) is 0 Å². The van der Waals surface area contributed by atoms with Crippen LogP contribution in [0, 0.1) is 0 Å². The first-order valence-electron chi connectivity index (χ1n) is 14.4. The average molecular weight is 681 g/mol. The monoisotopic (exact) mass is 680 g/mol. The molecule has 5 heterocycles. The number of halogens is 1. The van der Waals surface area contributed by atoms with E-state index in [-0.39, 0.29) is 54.5 Å². The number of hydrogen-bond donors (Lipinski definition) is 2. The van der Waals surface area contributed by atoms with Gasteiger partial charge in [-0.25, -0.2) is 13.4 Å². The Morgan fingerprint density at radius 3 is 2.68 bits per heavy atom. The number of thiophene rings is 1. The second-order valence-corrected chi connectivity index (χ2v) is 15.9. The summed E-state index contributed by atoms with van der Waals surface area (Å²) < 4.78 is 35.7. The van der Waals surface area contributed by atoms with E-state index in [9.17, 15) is 22.8 Å². The number of ether oxygens (including phenoxy) is 1. The topological polar surface area (TPSA) is 155 Å². The Hall–Kier alpha value is -2.66. The highest BCUT2D eigenvalue weighted by Crippen LogP contribution is 2.39. The van der Waals surface area contributed by atoms with Crippen molar-refractivity contribution in [3.63, 3.8) is 0 Å². The van der Waals surface area contributed by atoms with E-state index in [2.05, 4.69) is 17.2 Å². The van der Waals surface area contributed by atoms with Gasteiger partial charge in [-0.15, -0.1) is 22.7 Å². The average Bonchev–Trinajstić information content (AvgIpc) is 3.58. The third-order valence-electron chi connectivity index (χ3n) is 8.20. The number of sulfonamides is 1. The number of hydrogen-bond acceptors (Lipinski definition) is 10. The molecule has 16 heteroatoms. The molecule has 3 aromatic rings. The molecule has 3 aliphatic rings. The molecule has 2 aromatic heterocycles. The summed E-state index contributed by atoms with van der Waals surface area (Å²) in [6.07, 6.45) is 0.422. The molecule has 3 aliphatic heterocycles. The van der Waals surface area contributed by atoms with E-state index in [1.165, 1.54) is 15.6 Å². The van der Waals surface area contributed by atoms with Crippen LogP contribution in [0.15, 0.2) is 22.4 Å². The van der Waals surface area contributed by atoms with Gasteiger partial charge in [0, 0.05) is 78.3 Å². The zero-order valence-corrected chi connectivity index (χ0v) is 27.3. The molecular formula is C28H33ClN6O6S3. The predicted molar refractivity (Wildman–Crippen MR) is 167 cm³/mol. The van der Waals surface area contributed by atoms with Crippen LogP contribution in [0.25, 0.3) is 10.1 Å². The molecule has 3 amide bonds. The van der Waals surface area contributed by atoms with Crippen molar-refractivity contribution >= 4 is 72.1 Å². The molecule has 6 rings (SSSR count). The Balaban J connectivity index is 1.31. The first-order chi connectivity index (χ1) is 21.0. The van der Waals surface area contributed by atoms with Crippen LogP contribution < -0.4 is 11.1 Å². The smallest absolute Gasteiger partial charge is 0.283 e. The Kier molecular flexibility index (Phi) is 8.98. The van der Waals surface area contributed by atoms with Gasteiger partial charge < -0.3 is 25.6 Å². The van der Waals surface area contributed by atoms with Gasteiger partial charge in [-0.05, 0) is 24.4 Å². The number of rotatable bonds is 7. The fraction of sp³-hybridized carbons (Fsp3) is 0.500. The zero-order valence-electron chi connectivity index (χ0n) is 24.1. The Morgan fingerprint density at radius 2 is 1.93 bits per heavy atom. The molecule has 2 atom stereocenters. The van der Waals surface area contributed by atoms with E-state index >= 15 is 0 Å². The molecule has 44 heavy (non-hydrogen) atoms. The summed E-state index contributed by atoms with van der Waals surface area (Å²) in [6, 6.07) is 4.53. The molecular weight excluding hydrogens is 648 g/mol. The van der Waals surface area contributed by atoms with Gasteiger partial charge in [0.2, 0.25) is 11.8 Å². The molecule has 236 valence electrons. The van der Waals surface area contributed by atoms with Crippen molar-refractivity contribution in [3.05, 3.63) is 44.4 Å². The second-order valence-electron chi connectivity index (χ2n) is 11.2. The maximum Gasteiger partial charge on any atom is 0.283 e. The summed E-state index contributed by atoms with van der Waals surface area (Å²) in [4.78, 5) is 48.2. The number of piperazine rings is 1. The van der Waals surface area contributed by atoms with Crippen molar-refractivity contribution in [2.24, 2.45) is 5.73 Å². The summed E-state index contributed by atoms with van der Waals surface area (Å²) in [5, 5.41) is 4.77. The molecule has 1 aromatic carbocycles. The summed E-state index contributed by atoms with van der Waals surface area (Å²) >= 11 is 8.56. The molecule has 0 spiro atoms. The van der Waals surface area contributed by atoms with E-state index in [1.807, 2.05) is 0 Å². The van der Waals surface area contributed by atoms with Crippen molar-refractivity contribution in [1.29, 1.82) is 0 Å². The highest BCUT2D eigenvalue weighted by atomic mass is 35.5. The van der Waals surface area contributed by atoms with Crippen LogP contribution >= 0.6 is 34.3 Å². The lowest BCUT2D eigenvalue weighted by Gasteiger charge is -2.41. The first kappa shape index (κ1) is 31.3. The lowest BCUT2D eigenvalue weighted by Crippen LogP contribution is -2.58. The molecule has 0 aliphatic carbocycles. The highest BCUT2D eigenvalue weighted by molar-refractivity contribution is 7.91. The van der Waals surface area contributed by atoms with Gasteiger partial charge >= 0.3 is 0 Å². The van der Waals surface area contributed by atoms with Gasteiger partial charge in [-0.1, -0.05) is 17.7 Å². The van der Waals surface area contributed by atoms with Gasteiger partial charge in [0.15, 0.2) is 5.01 Å². The maximum atomic E-state index is 14.2. The van der Waals surface area contributed by atoms with Gasteiger partial charge in [0.1, 0.15) is 4.21 Å². The van der Waals surface area contributed by atoms with Crippen molar-refractivity contribution < 1.29 is 27.5 Å². The number of thiazole rings is 1. The number of carbonyl (C=O) groups excluding carboxylic acids is 3. The standard InChI is InChI=1S/C28H33ClN6O6S3/c1-16-10-21-23(14-31-16)42-26(32-21)27(38)35-5-4-34(15-18(35)12-25(37)33-6-8-41-9-7-33)44(39,40)28-20(13-24(30)36)19-3-2-17(29)11-22(19)43-28/h2-3,11,16,18,31H,4-10,12-15H2,1H3,(H2,30,36). The molecule has 0 saturated carbocycles. The van der Waals surface area contributed by atoms with Gasteiger partial charge in [0.25, 0.3) is 15.9 Å². The van der Waals surface area contributed by atoms with E-state index in [0.29, 0.717) is 58.5 Å². The fourth-order valence-electron chi connectivity index (χ4n) is 5.92. The normalized spacial score (nSPS) is 21.4. The summed E-state index contributed by atoms with van der Waals surface area (Å²) in [7, 11) is -4.13. The van der Waals surface area contributed by atoms with Gasteiger partial charge in [0.05, 0.1) is 31.4 Å². The Morgan fingerprint density at radius 1 is 1.16 bits per heavy atom. The molecule has 2 fully saturated rings. The summed E-state index contributed by atoms with van der Waals surface area (Å²) in [6.45, 7) is 4.45. The molecule has 0 bridgehead atoms. The quantitative estimate of drug-likeness (QED) is 0.383. The van der Waals surface area contributed by atoms with Gasteiger partial charge in [-0.3, -0.25) is 14.4 Å². The number of fused-ring (bicyclic) bond motifs is 2. The molecule has 12 nitrogen and oxygen atoms in total. The molecule has 2 unspecified atom stereocenters. The van der Waals surface area contributed by atoms with Crippen LogP contribution in [0.5, 0.6) is 0 Å². The molecule has 3 N–H and O–H groups in total. The number of carbonyl (C=O) groups is 3. The summed E-state index contributed by atoms with van der Waals surface area (Å²) in [5.41, 5.74) is 6.75. The number of nitrogens with one attached hydrogen (secondary N) is 1. The number of aromatic nitrogens is 1. The van der Waals surface area contributed by atoms with Crippen molar-refractivity contribution in [3.8, 4) is 0 Å². The van der Waals surface area contributed by atoms with E-state index in [4.69, 9.17) is 22.1 Å². The summed E-state index contributed by atoms with van der Waals surface area (Å²) in [5.74, 6) is -1.13. The third-order valence-corrected chi connectivity index (χ3v) is 13.1. The molecule has 2 saturated heterocycles. The van der Waals surface area contributed by atoms with E-state index in [1.54, 1.807) is 28.0 Å². The lowest BCUT2D eigenvalue weighted by atomic mass is 10.1. The minimum absolute atomic E-state index is 0.0146. The number of morpholine rings is 1. The van der Waals surface area contributed by atoms with E-state index < -0.39 is 22.0 Å². The fourth-order valence-corrected chi connectivity index (χ4v) is 10.6. The zero-order chi connectivity index (χ0) is 31.2. The SMILES string of the molecule is CC1Cc2nc(C(=O)N3CCN(S(=O)(=O)c4sc5cc(Cl)ccc5c4CC(N)=O)CC3CC(=O)N3CCOCC3)sc2CN1. The van der Waals surface area contributed by atoms with Crippen LogP contribution in [0.1, 0.15) is 39.3 Å². The molecule has 0 radical (unpaired) electrons. The highest BCUT2D eigenvalue weighted by Gasteiger charge is 2.41. The van der Waals surface area contributed by atoms with Crippen LogP contribution in [-0.4, -0.2) is 103 Å². The Bertz CT molecular complexity index is 1720. The number of amides is 3. The minimum Gasteiger partial charge on any atom is -0.378 e. The number of benzene rings is 1. The van der Waals surface area contributed by atoms with Crippen molar-refractivity contribution in [1.82, 2.24) is 24.4 Å². The van der Waals surface area contributed by atoms with E-state index in [0.717, 1.165) is 28.3 Å². The third kappa shape index (κ3) is 6.23. The minimum atomic E-state index is -4.13. The lowest BCUT2D eigenvalue weighted by molar-refractivity contribution is -0.136. The Labute approximate surface area is 268 Å². The van der Waals surface area contributed by atoms with Crippen LogP contribution in [0.2, 0.25) is 5.02 Å². The predicted octanol–water partition coefficient (Wildman–Crippen LogP) is 1.84. The largest absolute Gasteiger partial charge is 0.378 e. The van der Waals surface area contributed by atoms with Crippen molar-refractivity contribution in [2.75, 3.05) is 45.9 Å². The number of primary amides is 1. The van der Waals surface area contributed by atoms with Crippen LogP contribution in [-0.2, 0) is 43.7 Å².